The molecule has 0 heterocycles. The van der Waals surface area contributed by atoms with Gasteiger partial charge in [-0.3, -0.25) is 0 Å². The lowest BCUT2D eigenvalue weighted by Crippen LogP contribution is -2.10. The first-order valence-corrected chi connectivity index (χ1v) is 7.39. The molecule has 1 aromatic rings. The van der Waals surface area contributed by atoms with Crippen LogP contribution in [0.1, 0.15) is 53.0 Å². The molecule has 0 fully saturated rings. The predicted octanol–water partition coefficient (Wildman–Crippen LogP) is 4.82. The molecule has 0 aliphatic heterocycles. The Morgan fingerprint density at radius 1 is 1.11 bits per heavy atom. The van der Waals surface area contributed by atoms with E-state index < -0.39 is 8.25 Å². The molecular formula is C14H24O3P+. The summed E-state index contributed by atoms with van der Waals surface area (Å²) < 4.78 is 15.0. The molecule has 0 bridgehead atoms. The topological polar surface area (TPSA) is 46.5 Å². The van der Waals surface area contributed by atoms with Crippen molar-refractivity contribution in [1.29, 1.82) is 0 Å². The SMILES string of the molecule is CC(C)(C)c1ccc(O[P+](=O)O)cc1.CCCC. The third-order valence-electron chi connectivity index (χ3n) is 2.40. The van der Waals surface area contributed by atoms with Gasteiger partial charge < -0.3 is 0 Å². The Hall–Kier alpha value is -0.920. The zero-order valence-corrected chi connectivity index (χ0v) is 12.8. The van der Waals surface area contributed by atoms with Gasteiger partial charge in [0, 0.05) is 4.57 Å². The molecule has 1 aromatic carbocycles. The van der Waals surface area contributed by atoms with Crippen LogP contribution in [0.3, 0.4) is 0 Å². The molecular weight excluding hydrogens is 247 g/mol. The van der Waals surface area contributed by atoms with Crippen LogP contribution < -0.4 is 4.52 Å². The second-order valence-corrected chi connectivity index (χ2v) is 5.76. The van der Waals surface area contributed by atoms with Crippen molar-refractivity contribution in [3.05, 3.63) is 29.8 Å². The number of hydrogen-bond acceptors (Lipinski definition) is 2. The zero-order valence-electron chi connectivity index (χ0n) is 11.9. The maximum atomic E-state index is 10.4. The molecule has 1 unspecified atom stereocenters. The average molecular weight is 271 g/mol. The maximum absolute atomic E-state index is 10.4. The first-order chi connectivity index (χ1) is 8.31. The van der Waals surface area contributed by atoms with E-state index in [1.54, 1.807) is 12.1 Å². The van der Waals surface area contributed by atoms with Crippen LogP contribution in [0.5, 0.6) is 5.75 Å². The van der Waals surface area contributed by atoms with Crippen LogP contribution >= 0.6 is 8.25 Å². The minimum atomic E-state index is -2.56. The highest BCUT2D eigenvalue weighted by atomic mass is 31.1. The Labute approximate surface area is 111 Å². The van der Waals surface area contributed by atoms with Gasteiger partial charge in [-0.05, 0) is 23.1 Å². The fourth-order valence-electron chi connectivity index (χ4n) is 1.11. The first kappa shape index (κ1) is 17.1. The first-order valence-electron chi connectivity index (χ1n) is 6.25. The largest absolute Gasteiger partial charge is 0.747 e. The normalized spacial score (nSPS) is 11.3. The monoisotopic (exact) mass is 271 g/mol. The molecule has 0 spiro atoms. The number of rotatable bonds is 3. The van der Waals surface area contributed by atoms with E-state index in [0.717, 1.165) is 5.56 Å². The van der Waals surface area contributed by atoms with E-state index in [1.807, 2.05) is 12.1 Å². The molecule has 1 atom stereocenters. The van der Waals surface area contributed by atoms with E-state index in [4.69, 9.17) is 4.89 Å². The van der Waals surface area contributed by atoms with Crippen molar-refractivity contribution in [2.24, 2.45) is 0 Å². The van der Waals surface area contributed by atoms with E-state index >= 15 is 0 Å². The summed E-state index contributed by atoms with van der Waals surface area (Å²) in [5, 5.41) is 0. The Morgan fingerprint density at radius 3 is 1.83 bits per heavy atom. The summed E-state index contributed by atoms with van der Waals surface area (Å²) in [6, 6.07) is 7.19. The van der Waals surface area contributed by atoms with Crippen LogP contribution in [-0.4, -0.2) is 4.89 Å². The molecule has 4 heteroatoms. The van der Waals surface area contributed by atoms with Crippen molar-refractivity contribution in [2.75, 3.05) is 0 Å². The van der Waals surface area contributed by atoms with Crippen LogP contribution in [0.2, 0.25) is 0 Å². The van der Waals surface area contributed by atoms with Gasteiger partial charge in [-0.25, -0.2) is 4.52 Å². The summed E-state index contributed by atoms with van der Waals surface area (Å²) in [4.78, 5) is 8.52. The summed E-state index contributed by atoms with van der Waals surface area (Å²) >= 11 is 0. The number of unbranched alkanes of at least 4 members (excludes halogenated alkanes) is 1. The molecule has 0 radical (unpaired) electrons. The van der Waals surface area contributed by atoms with Gasteiger partial charge in [0.25, 0.3) is 0 Å². The van der Waals surface area contributed by atoms with Crippen LogP contribution in [0, 0.1) is 0 Å². The number of benzene rings is 1. The van der Waals surface area contributed by atoms with E-state index in [0.29, 0.717) is 5.75 Å². The van der Waals surface area contributed by atoms with Gasteiger partial charge in [0.05, 0.1) is 0 Å². The minimum absolute atomic E-state index is 0.0833. The molecule has 102 valence electrons. The fourth-order valence-corrected chi connectivity index (χ4v) is 1.41. The van der Waals surface area contributed by atoms with E-state index in [2.05, 4.69) is 39.1 Å². The fraction of sp³-hybridized carbons (Fsp3) is 0.571. The van der Waals surface area contributed by atoms with Gasteiger partial charge in [-0.2, -0.15) is 0 Å². The predicted molar refractivity (Wildman–Crippen MR) is 76.2 cm³/mol. The highest BCUT2D eigenvalue weighted by Gasteiger charge is 2.16. The Bertz CT molecular complexity index is 350. The molecule has 0 amide bonds. The highest BCUT2D eigenvalue weighted by Crippen LogP contribution is 2.27. The Morgan fingerprint density at radius 2 is 1.56 bits per heavy atom. The van der Waals surface area contributed by atoms with Gasteiger partial charge in [0.1, 0.15) is 0 Å². The Kier molecular flexibility index (Phi) is 7.81. The minimum Gasteiger partial charge on any atom is -0.229 e. The van der Waals surface area contributed by atoms with Crippen molar-refractivity contribution in [1.82, 2.24) is 0 Å². The zero-order chi connectivity index (χ0) is 14.2. The summed E-state index contributed by atoms with van der Waals surface area (Å²) in [7, 11) is -2.56. The molecule has 0 saturated heterocycles. The molecule has 0 saturated carbocycles. The van der Waals surface area contributed by atoms with Gasteiger partial charge in [-0.1, -0.05) is 59.6 Å². The molecule has 0 aliphatic carbocycles. The molecule has 0 aromatic heterocycles. The lowest BCUT2D eigenvalue weighted by Gasteiger charge is -2.18. The maximum Gasteiger partial charge on any atom is 0.747 e. The van der Waals surface area contributed by atoms with E-state index in [-0.39, 0.29) is 5.41 Å². The summed E-state index contributed by atoms with van der Waals surface area (Å²) in [5.74, 6) is 0.418. The third kappa shape index (κ3) is 7.41. The van der Waals surface area contributed by atoms with Crippen molar-refractivity contribution in [3.8, 4) is 5.75 Å². The molecule has 1 rings (SSSR count). The van der Waals surface area contributed by atoms with E-state index in [9.17, 15) is 4.57 Å². The lowest BCUT2D eigenvalue weighted by molar-refractivity contribution is 0.410. The van der Waals surface area contributed by atoms with Crippen LogP contribution in [0.15, 0.2) is 24.3 Å². The summed E-state index contributed by atoms with van der Waals surface area (Å²) in [6.45, 7) is 10.7. The Balaban J connectivity index is 0.000000631. The van der Waals surface area contributed by atoms with Crippen molar-refractivity contribution < 1.29 is 14.0 Å². The highest BCUT2D eigenvalue weighted by molar-refractivity contribution is 7.32. The van der Waals surface area contributed by atoms with Gasteiger partial charge in [0.15, 0.2) is 5.75 Å². The number of hydrogen-bond donors (Lipinski definition) is 1. The quantitative estimate of drug-likeness (QED) is 0.802. The standard InChI is InChI=1S/C10H13O3P.C4H10/c1-10(2,3)8-4-6-9(7-5-8)13-14(11)12;1-3-4-2/h4-7H,1-3H3;3-4H2,1-2H3/p+1. The third-order valence-corrected chi connectivity index (χ3v) is 2.77. The second kappa shape index (κ2) is 8.23. The summed E-state index contributed by atoms with van der Waals surface area (Å²) in [6.07, 6.45) is 2.64. The molecule has 1 N–H and O–H groups in total. The van der Waals surface area contributed by atoms with Crippen LogP contribution in [0.25, 0.3) is 0 Å². The van der Waals surface area contributed by atoms with Gasteiger partial charge in [-0.15, -0.1) is 4.89 Å². The van der Waals surface area contributed by atoms with Crippen molar-refractivity contribution >= 4 is 8.25 Å². The average Bonchev–Trinajstić information content (AvgIpc) is 2.28. The summed E-state index contributed by atoms with van der Waals surface area (Å²) in [5.41, 5.74) is 1.25. The van der Waals surface area contributed by atoms with Crippen LogP contribution in [0.4, 0.5) is 0 Å². The molecule has 0 aliphatic rings. The van der Waals surface area contributed by atoms with Crippen LogP contribution in [-0.2, 0) is 9.98 Å². The van der Waals surface area contributed by atoms with Crippen molar-refractivity contribution in [2.45, 2.75) is 52.9 Å². The lowest BCUT2D eigenvalue weighted by atomic mass is 9.87. The second-order valence-electron chi connectivity index (χ2n) is 5.10. The molecule has 3 nitrogen and oxygen atoms in total. The van der Waals surface area contributed by atoms with Gasteiger partial charge >= 0.3 is 8.25 Å². The van der Waals surface area contributed by atoms with Gasteiger partial charge in [0.2, 0.25) is 0 Å². The molecule has 18 heavy (non-hydrogen) atoms. The smallest absolute Gasteiger partial charge is 0.229 e. The van der Waals surface area contributed by atoms with Crippen molar-refractivity contribution in [3.63, 3.8) is 0 Å². The van der Waals surface area contributed by atoms with E-state index in [1.165, 1.54) is 12.8 Å².